The zero-order valence-corrected chi connectivity index (χ0v) is 12.2. The van der Waals surface area contributed by atoms with Gasteiger partial charge in [0.2, 0.25) is 0 Å². The first-order valence-corrected chi connectivity index (χ1v) is 6.91. The molecule has 0 unspecified atom stereocenters. The van der Waals surface area contributed by atoms with Crippen molar-refractivity contribution in [2.45, 2.75) is 13.0 Å². The maximum atomic E-state index is 13.0. The number of rotatable bonds is 5. The molecular formula is C15H14Cl2FNO. The van der Waals surface area contributed by atoms with Gasteiger partial charge >= 0.3 is 0 Å². The highest BCUT2D eigenvalue weighted by molar-refractivity contribution is 6.31. The van der Waals surface area contributed by atoms with Crippen molar-refractivity contribution in [2.24, 2.45) is 5.73 Å². The molecule has 20 heavy (non-hydrogen) atoms. The average Bonchev–Trinajstić information content (AvgIpc) is 2.40. The molecule has 0 saturated heterocycles. The molecule has 0 aliphatic carbocycles. The number of benzene rings is 2. The number of hydrogen-bond acceptors (Lipinski definition) is 2. The first kappa shape index (κ1) is 15.1. The van der Waals surface area contributed by atoms with Crippen molar-refractivity contribution in [1.82, 2.24) is 0 Å². The maximum absolute atomic E-state index is 13.0. The Morgan fingerprint density at radius 3 is 2.55 bits per heavy atom. The highest BCUT2D eigenvalue weighted by Crippen LogP contribution is 2.25. The highest BCUT2D eigenvalue weighted by Gasteiger charge is 2.07. The van der Waals surface area contributed by atoms with Gasteiger partial charge in [-0.1, -0.05) is 29.3 Å². The topological polar surface area (TPSA) is 35.2 Å². The van der Waals surface area contributed by atoms with E-state index in [0.717, 1.165) is 11.1 Å². The molecule has 0 amide bonds. The van der Waals surface area contributed by atoms with Crippen LogP contribution in [0.4, 0.5) is 4.39 Å². The van der Waals surface area contributed by atoms with Gasteiger partial charge in [0, 0.05) is 10.6 Å². The fraction of sp³-hybridized carbons (Fsp3) is 0.200. The van der Waals surface area contributed by atoms with Gasteiger partial charge in [0.1, 0.15) is 18.2 Å². The molecule has 0 aliphatic heterocycles. The summed E-state index contributed by atoms with van der Waals surface area (Å²) in [4.78, 5) is 0. The summed E-state index contributed by atoms with van der Waals surface area (Å²) in [6, 6.07) is 9.61. The van der Waals surface area contributed by atoms with Crippen LogP contribution in [0.15, 0.2) is 36.4 Å². The minimum absolute atomic E-state index is 0.262. The van der Waals surface area contributed by atoms with E-state index in [9.17, 15) is 4.39 Å². The normalized spacial score (nSPS) is 10.6. The Labute approximate surface area is 127 Å². The van der Waals surface area contributed by atoms with E-state index >= 15 is 0 Å². The second-order valence-electron chi connectivity index (χ2n) is 4.32. The fourth-order valence-electron chi connectivity index (χ4n) is 1.83. The number of halogens is 3. The van der Waals surface area contributed by atoms with E-state index in [2.05, 4.69) is 0 Å². The van der Waals surface area contributed by atoms with Crippen LogP contribution < -0.4 is 10.5 Å². The standard InChI is InChI=1S/C15H14Cl2FNO/c16-12-2-4-15(10(7-12)5-6-19)20-9-11-1-3-13(18)8-14(11)17/h1-4,7-8H,5-6,9,19H2. The van der Waals surface area contributed by atoms with Gasteiger partial charge < -0.3 is 10.5 Å². The van der Waals surface area contributed by atoms with Crippen molar-refractivity contribution >= 4 is 23.2 Å². The van der Waals surface area contributed by atoms with Crippen LogP contribution in [0.3, 0.4) is 0 Å². The monoisotopic (exact) mass is 313 g/mol. The summed E-state index contributed by atoms with van der Waals surface area (Å²) in [7, 11) is 0. The van der Waals surface area contributed by atoms with Crippen LogP contribution in [0, 0.1) is 5.82 Å². The van der Waals surface area contributed by atoms with Crippen LogP contribution in [0.1, 0.15) is 11.1 Å². The lowest BCUT2D eigenvalue weighted by Crippen LogP contribution is -2.05. The van der Waals surface area contributed by atoms with Crippen molar-refractivity contribution in [3.05, 3.63) is 63.4 Å². The molecule has 0 saturated carbocycles. The predicted molar refractivity (Wildman–Crippen MR) is 80.0 cm³/mol. The van der Waals surface area contributed by atoms with E-state index in [0.29, 0.717) is 28.8 Å². The Morgan fingerprint density at radius 2 is 1.85 bits per heavy atom. The van der Waals surface area contributed by atoms with Crippen molar-refractivity contribution in [2.75, 3.05) is 6.54 Å². The average molecular weight is 314 g/mol. The Bertz CT molecular complexity index is 604. The molecule has 106 valence electrons. The number of ether oxygens (including phenoxy) is 1. The molecule has 0 aliphatic rings. The van der Waals surface area contributed by atoms with Crippen LogP contribution in [0.5, 0.6) is 5.75 Å². The summed E-state index contributed by atoms with van der Waals surface area (Å²) in [6.07, 6.45) is 0.674. The summed E-state index contributed by atoms with van der Waals surface area (Å²) < 4.78 is 18.7. The van der Waals surface area contributed by atoms with Gasteiger partial charge in [0.05, 0.1) is 5.02 Å². The Kier molecular flexibility index (Phi) is 5.24. The summed E-state index contributed by atoms with van der Waals surface area (Å²) >= 11 is 11.9. The lowest BCUT2D eigenvalue weighted by Gasteiger charge is -2.12. The van der Waals surface area contributed by atoms with Crippen molar-refractivity contribution < 1.29 is 9.13 Å². The van der Waals surface area contributed by atoms with Crippen LogP contribution in [-0.2, 0) is 13.0 Å². The molecule has 0 fully saturated rings. The van der Waals surface area contributed by atoms with Gasteiger partial charge in [-0.2, -0.15) is 0 Å². The second kappa shape index (κ2) is 6.93. The third kappa shape index (κ3) is 3.85. The molecule has 0 aromatic heterocycles. The summed E-state index contributed by atoms with van der Waals surface area (Å²) in [5.74, 6) is 0.342. The van der Waals surface area contributed by atoms with E-state index in [-0.39, 0.29) is 12.4 Å². The number of hydrogen-bond donors (Lipinski definition) is 1. The Hall–Kier alpha value is -1.29. The van der Waals surface area contributed by atoms with Crippen LogP contribution >= 0.6 is 23.2 Å². The van der Waals surface area contributed by atoms with Crippen LogP contribution in [-0.4, -0.2) is 6.54 Å². The largest absolute Gasteiger partial charge is 0.489 e. The third-order valence-electron chi connectivity index (χ3n) is 2.83. The molecule has 2 N–H and O–H groups in total. The van der Waals surface area contributed by atoms with Crippen molar-refractivity contribution in [3.63, 3.8) is 0 Å². The van der Waals surface area contributed by atoms with Gasteiger partial charge in [-0.15, -0.1) is 0 Å². The molecule has 2 aromatic rings. The zero-order chi connectivity index (χ0) is 14.5. The van der Waals surface area contributed by atoms with E-state index in [1.54, 1.807) is 18.2 Å². The SMILES string of the molecule is NCCc1cc(Cl)ccc1OCc1ccc(F)cc1Cl. The van der Waals surface area contributed by atoms with Crippen LogP contribution in [0.25, 0.3) is 0 Å². The molecule has 2 nitrogen and oxygen atoms in total. The quantitative estimate of drug-likeness (QED) is 0.897. The predicted octanol–water partition coefficient (Wildman–Crippen LogP) is 4.21. The molecule has 2 aromatic carbocycles. The second-order valence-corrected chi connectivity index (χ2v) is 5.16. The molecule has 0 bridgehead atoms. The molecular weight excluding hydrogens is 300 g/mol. The first-order chi connectivity index (χ1) is 9.60. The van der Waals surface area contributed by atoms with E-state index in [1.807, 2.05) is 6.07 Å². The van der Waals surface area contributed by atoms with Gasteiger partial charge in [-0.3, -0.25) is 0 Å². The molecule has 2 rings (SSSR count). The minimum atomic E-state index is -0.367. The number of nitrogens with two attached hydrogens (primary N) is 1. The van der Waals surface area contributed by atoms with Crippen molar-refractivity contribution in [1.29, 1.82) is 0 Å². The lowest BCUT2D eigenvalue weighted by molar-refractivity contribution is 0.303. The van der Waals surface area contributed by atoms with E-state index in [1.165, 1.54) is 12.1 Å². The molecule has 0 spiro atoms. The molecule has 5 heteroatoms. The minimum Gasteiger partial charge on any atom is -0.489 e. The third-order valence-corrected chi connectivity index (χ3v) is 3.42. The van der Waals surface area contributed by atoms with E-state index < -0.39 is 0 Å². The van der Waals surface area contributed by atoms with Crippen molar-refractivity contribution in [3.8, 4) is 5.75 Å². The van der Waals surface area contributed by atoms with Gasteiger partial charge in [-0.05, 0) is 48.9 Å². The Morgan fingerprint density at radius 1 is 1.05 bits per heavy atom. The molecule has 0 heterocycles. The zero-order valence-electron chi connectivity index (χ0n) is 10.7. The maximum Gasteiger partial charge on any atom is 0.124 e. The van der Waals surface area contributed by atoms with Gasteiger partial charge in [0.25, 0.3) is 0 Å². The fourth-order valence-corrected chi connectivity index (χ4v) is 2.25. The molecule has 0 radical (unpaired) electrons. The summed E-state index contributed by atoms with van der Waals surface area (Å²) in [6.45, 7) is 0.770. The highest BCUT2D eigenvalue weighted by atomic mass is 35.5. The van der Waals surface area contributed by atoms with Gasteiger partial charge in [-0.25, -0.2) is 4.39 Å². The van der Waals surface area contributed by atoms with Gasteiger partial charge in [0.15, 0.2) is 0 Å². The summed E-state index contributed by atoms with van der Waals surface area (Å²) in [5.41, 5.74) is 7.23. The summed E-state index contributed by atoms with van der Waals surface area (Å²) in [5, 5.41) is 0.986. The lowest BCUT2D eigenvalue weighted by atomic mass is 10.1. The molecule has 0 atom stereocenters. The smallest absolute Gasteiger partial charge is 0.124 e. The van der Waals surface area contributed by atoms with E-state index in [4.69, 9.17) is 33.7 Å². The first-order valence-electron chi connectivity index (χ1n) is 6.15. The van der Waals surface area contributed by atoms with Crippen LogP contribution in [0.2, 0.25) is 10.0 Å². The Balaban J connectivity index is 2.14.